The van der Waals surface area contributed by atoms with E-state index in [2.05, 4.69) is 5.32 Å². The fraction of sp³-hybridized carbons (Fsp3) is 0.167. The lowest BCUT2D eigenvalue weighted by molar-refractivity contribution is 0.0784. The Morgan fingerprint density at radius 3 is 1.96 bits per heavy atom. The van der Waals surface area contributed by atoms with Gasteiger partial charge in [-0.15, -0.1) is 0 Å². The van der Waals surface area contributed by atoms with E-state index in [1.54, 1.807) is 36.2 Å². The van der Waals surface area contributed by atoms with E-state index < -0.39 is 0 Å². The highest BCUT2D eigenvalue weighted by Crippen LogP contribution is 2.20. The van der Waals surface area contributed by atoms with E-state index in [4.69, 9.17) is 0 Å². The minimum atomic E-state index is -0.186. The van der Waals surface area contributed by atoms with Crippen LogP contribution >= 0.6 is 0 Å². The van der Waals surface area contributed by atoms with Crippen LogP contribution in [0.2, 0.25) is 0 Å². The second-order valence-electron chi connectivity index (χ2n) is 6.95. The number of nitrogens with zero attached hydrogens (tertiary/aromatic N) is 1. The minimum absolute atomic E-state index is 0.0782. The first-order valence-corrected chi connectivity index (χ1v) is 9.22. The van der Waals surface area contributed by atoms with Crippen molar-refractivity contribution in [3.05, 3.63) is 101 Å². The summed E-state index contributed by atoms with van der Waals surface area (Å²) in [7, 11) is 1.77. The Morgan fingerprint density at radius 1 is 0.786 bits per heavy atom. The van der Waals surface area contributed by atoms with Gasteiger partial charge < -0.3 is 10.2 Å². The van der Waals surface area contributed by atoms with Crippen molar-refractivity contribution >= 4 is 17.5 Å². The summed E-state index contributed by atoms with van der Waals surface area (Å²) in [5.41, 5.74) is 5.01. The molecule has 3 aromatic carbocycles. The number of hydrogen-bond donors (Lipinski definition) is 1. The third kappa shape index (κ3) is 4.46. The van der Waals surface area contributed by atoms with Gasteiger partial charge in [0.05, 0.1) is 0 Å². The van der Waals surface area contributed by atoms with Gasteiger partial charge in [-0.25, -0.2) is 0 Å². The minimum Gasteiger partial charge on any atom is -0.337 e. The first-order chi connectivity index (χ1) is 13.5. The van der Waals surface area contributed by atoms with Crippen LogP contribution in [0.1, 0.15) is 37.4 Å². The lowest BCUT2D eigenvalue weighted by Crippen LogP contribution is -2.26. The molecular formula is C24H24N2O2. The van der Waals surface area contributed by atoms with E-state index in [9.17, 15) is 9.59 Å². The van der Waals surface area contributed by atoms with Gasteiger partial charge in [0.1, 0.15) is 0 Å². The van der Waals surface area contributed by atoms with Crippen molar-refractivity contribution in [2.45, 2.75) is 20.4 Å². The number of para-hydroxylation sites is 1. The molecule has 4 heteroatoms. The van der Waals surface area contributed by atoms with Gasteiger partial charge in [-0.3, -0.25) is 9.59 Å². The summed E-state index contributed by atoms with van der Waals surface area (Å²) in [6.07, 6.45) is 0. The van der Waals surface area contributed by atoms with Gasteiger partial charge >= 0.3 is 0 Å². The average molecular weight is 372 g/mol. The number of carbonyl (C=O) groups excluding carboxylic acids is 2. The van der Waals surface area contributed by atoms with Gasteiger partial charge in [-0.05, 0) is 54.8 Å². The van der Waals surface area contributed by atoms with E-state index in [0.29, 0.717) is 17.7 Å². The fourth-order valence-electron chi connectivity index (χ4n) is 3.11. The molecular weight excluding hydrogens is 348 g/mol. The van der Waals surface area contributed by atoms with Crippen LogP contribution in [0, 0.1) is 13.8 Å². The molecule has 142 valence electrons. The maximum absolute atomic E-state index is 12.6. The van der Waals surface area contributed by atoms with Crippen molar-refractivity contribution in [2.24, 2.45) is 0 Å². The summed E-state index contributed by atoms with van der Waals surface area (Å²) < 4.78 is 0. The third-order valence-electron chi connectivity index (χ3n) is 4.72. The molecule has 0 aliphatic heterocycles. The number of rotatable bonds is 5. The predicted molar refractivity (Wildman–Crippen MR) is 113 cm³/mol. The first-order valence-electron chi connectivity index (χ1n) is 9.22. The SMILES string of the molecule is Cc1cccc(C)c1NC(=O)c1ccc(C(=O)N(C)Cc2ccccc2)cc1. The molecule has 0 aliphatic carbocycles. The van der Waals surface area contributed by atoms with Crippen LogP contribution < -0.4 is 5.32 Å². The number of anilines is 1. The highest BCUT2D eigenvalue weighted by atomic mass is 16.2. The Bertz CT molecular complexity index is 959. The van der Waals surface area contributed by atoms with Crippen molar-refractivity contribution in [3.8, 4) is 0 Å². The molecule has 0 aromatic heterocycles. The third-order valence-corrected chi connectivity index (χ3v) is 4.72. The molecule has 0 saturated carbocycles. The summed E-state index contributed by atoms with van der Waals surface area (Å²) in [6.45, 7) is 4.47. The monoisotopic (exact) mass is 372 g/mol. The maximum Gasteiger partial charge on any atom is 0.255 e. The van der Waals surface area contributed by atoms with Crippen LogP contribution in [-0.4, -0.2) is 23.8 Å². The molecule has 0 saturated heterocycles. The molecule has 0 radical (unpaired) electrons. The van der Waals surface area contributed by atoms with Crippen LogP contribution in [0.15, 0.2) is 72.8 Å². The number of amides is 2. The van der Waals surface area contributed by atoms with Crippen LogP contribution in [0.25, 0.3) is 0 Å². The number of hydrogen-bond acceptors (Lipinski definition) is 2. The summed E-state index contributed by atoms with van der Waals surface area (Å²) in [5.74, 6) is -0.264. The second kappa shape index (κ2) is 8.53. The summed E-state index contributed by atoms with van der Waals surface area (Å²) in [4.78, 5) is 26.9. The molecule has 2 amide bonds. The topological polar surface area (TPSA) is 49.4 Å². The van der Waals surface area contributed by atoms with Crippen molar-refractivity contribution in [3.63, 3.8) is 0 Å². The normalized spacial score (nSPS) is 10.4. The molecule has 0 heterocycles. The predicted octanol–water partition coefficient (Wildman–Crippen LogP) is 4.83. The first kappa shape index (κ1) is 19.4. The fourth-order valence-corrected chi connectivity index (χ4v) is 3.11. The number of benzene rings is 3. The Morgan fingerprint density at radius 2 is 1.36 bits per heavy atom. The highest BCUT2D eigenvalue weighted by molar-refractivity contribution is 6.05. The molecule has 28 heavy (non-hydrogen) atoms. The Hall–Kier alpha value is -3.40. The van der Waals surface area contributed by atoms with E-state index in [1.165, 1.54) is 0 Å². The molecule has 0 spiro atoms. The van der Waals surface area contributed by atoms with E-state index in [1.807, 2.05) is 62.4 Å². The van der Waals surface area contributed by atoms with Gasteiger partial charge in [-0.1, -0.05) is 48.5 Å². The lowest BCUT2D eigenvalue weighted by atomic mass is 10.1. The highest BCUT2D eigenvalue weighted by Gasteiger charge is 2.14. The summed E-state index contributed by atoms with van der Waals surface area (Å²) >= 11 is 0. The molecule has 1 N–H and O–H groups in total. The molecule has 0 unspecified atom stereocenters. The van der Waals surface area contributed by atoms with Crippen LogP contribution in [0.5, 0.6) is 0 Å². The van der Waals surface area contributed by atoms with E-state index in [-0.39, 0.29) is 11.8 Å². The van der Waals surface area contributed by atoms with Crippen LogP contribution in [0.4, 0.5) is 5.69 Å². The summed E-state index contributed by atoms with van der Waals surface area (Å²) in [6, 6.07) is 22.5. The smallest absolute Gasteiger partial charge is 0.255 e. The van der Waals surface area contributed by atoms with Crippen LogP contribution in [0.3, 0.4) is 0 Å². The van der Waals surface area contributed by atoms with Crippen molar-refractivity contribution in [2.75, 3.05) is 12.4 Å². The molecule has 0 aliphatic rings. The van der Waals surface area contributed by atoms with Gasteiger partial charge in [0, 0.05) is 30.4 Å². The zero-order valence-corrected chi connectivity index (χ0v) is 16.4. The zero-order chi connectivity index (χ0) is 20.1. The number of aryl methyl sites for hydroxylation is 2. The van der Waals surface area contributed by atoms with Gasteiger partial charge in [0.15, 0.2) is 0 Å². The summed E-state index contributed by atoms with van der Waals surface area (Å²) in [5, 5.41) is 2.96. The quantitative estimate of drug-likeness (QED) is 0.697. The Kier molecular flexibility index (Phi) is 5.90. The molecule has 3 aromatic rings. The molecule has 0 bridgehead atoms. The van der Waals surface area contributed by atoms with Crippen LogP contribution in [-0.2, 0) is 6.54 Å². The van der Waals surface area contributed by atoms with E-state index in [0.717, 1.165) is 22.4 Å². The van der Waals surface area contributed by atoms with Gasteiger partial charge in [-0.2, -0.15) is 0 Å². The number of nitrogens with one attached hydrogen (secondary N) is 1. The largest absolute Gasteiger partial charge is 0.337 e. The molecule has 4 nitrogen and oxygen atoms in total. The molecule has 3 rings (SSSR count). The molecule has 0 fully saturated rings. The van der Waals surface area contributed by atoms with Crippen molar-refractivity contribution in [1.29, 1.82) is 0 Å². The van der Waals surface area contributed by atoms with E-state index >= 15 is 0 Å². The van der Waals surface area contributed by atoms with Crippen molar-refractivity contribution in [1.82, 2.24) is 4.90 Å². The lowest BCUT2D eigenvalue weighted by Gasteiger charge is -2.17. The zero-order valence-electron chi connectivity index (χ0n) is 16.4. The van der Waals surface area contributed by atoms with Crippen molar-refractivity contribution < 1.29 is 9.59 Å². The Labute approximate surface area is 165 Å². The Balaban J connectivity index is 1.68. The maximum atomic E-state index is 12.6. The molecule has 0 atom stereocenters. The van der Waals surface area contributed by atoms with Gasteiger partial charge in [0.2, 0.25) is 0 Å². The second-order valence-corrected chi connectivity index (χ2v) is 6.95. The average Bonchev–Trinajstić information content (AvgIpc) is 2.71. The van der Waals surface area contributed by atoms with Gasteiger partial charge in [0.25, 0.3) is 11.8 Å². The standard InChI is InChI=1S/C24H24N2O2/c1-17-8-7-9-18(2)22(17)25-23(27)20-12-14-21(15-13-20)24(28)26(3)16-19-10-5-4-6-11-19/h4-15H,16H2,1-3H3,(H,25,27). The number of carbonyl (C=O) groups is 2.